The molecule has 13 nitrogen and oxygen atoms in total. The zero-order valence-corrected chi connectivity index (χ0v) is 35.4. The lowest BCUT2D eigenvalue weighted by Crippen LogP contribution is -2.55. The Morgan fingerprint density at radius 3 is 2.17 bits per heavy atom. The summed E-state index contributed by atoms with van der Waals surface area (Å²) in [6, 6.07) is 17.0. The van der Waals surface area contributed by atoms with Crippen molar-refractivity contribution >= 4 is 74.2 Å². The van der Waals surface area contributed by atoms with E-state index in [2.05, 4.69) is 16.0 Å². The summed E-state index contributed by atoms with van der Waals surface area (Å²) >= 11 is 12.2. The molecule has 4 N–H and O–H groups in total. The van der Waals surface area contributed by atoms with E-state index in [4.69, 9.17) is 23.2 Å². The topological polar surface area (TPSA) is 182 Å². The van der Waals surface area contributed by atoms with Gasteiger partial charge in [-0.3, -0.25) is 19.2 Å². The first-order valence-electron chi connectivity index (χ1n) is 19.5. The summed E-state index contributed by atoms with van der Waals surface area (Å²) in [6.07, 6.45) is 2.06. The monoisotopic (exact) mass is 855 g/mol. The molecule has 4 atom stereocenters. The summed E-state index contributed by atoms with van der Waals surface area (Å²) in [5, 5.41) is 19.0. The first-order chi connectivity index (χ1) is 27.4. The second-order valence-corrected chi connectivity index (χ2v) is 18.3. The van der Waals surface area contributed by atoms with E-state index >= 15 is 0 Å². The molecular formula is C42H51Cl2N5O8S. The van der Waals surface area contributed by atoms with Crippen molar-refractivity contribution in [1.29, 1.82) is 0 Å². The van der Waals surface area contributed by atoms with E-state index in [1.807, 2.05) is 45.0 Å². The molecule has 16 heteroatoms. The average Bonchev–Trinajstić information content (AvgIpc) is 3.60. The van der Waals surface area contributed by atoms with Gasteiger partial charge in [0, 0.05) is 41.1 Å². The number of nitrogens with one attached hydrogen (secondary N) is 3. The van der Waals surface area contributed by atoms with E-state index in [-0.39, 0.29) is 64.4 Å². The molecule has 0 aromatic heterocycles. The molecule has 0 saturated carbocycles. The highest BCUT2D eigenvalue weighted by Crippen LogP contribution is 2.40. The number of carbonyl (C=O) groups is 5. The van der Waals surface area contributed by atoms with Crippen LogP contribution in [0.4, 0.5) is 16.2 Å². The predicted molar refractivity (Wildman–Crippen MR) is 223 cm³/mol. The third kappa shape index (κ3) is 10.6. The van der Waals surface area contributed by atoms with Crippen molar-refractivity contribution in [3.63, 3.8) is 0 Å². The van der Waals surface area contributed by atoms with Crippen LogP contribution in [0.5, 0.6) is 0 Å². The molecule has 2 aliphatic rings. The van der Waals surface area contributed by atoms with Gasteiger partial charge in [0.05, 0.1) is 16.9 Å². The number of ketones is 1. The Hall–Kier alpha value is -4.50. The molecular weight excluding hydrogens is 805 g/mol. The number of Topliss-reactive ketones (excluding diaryl/α,β-unsaturated/α-hetero) is 1. The minimum Gasteiger partial charge on any atom is -0.481 e. The number of amides is 4. The van der Waals surface area contributed by atoms with Gasteiger partial charge in [0.1, 0.15) is 12.0 Å². The van der Waals surface area contributed by atoms with Crippen molar-refractivity contribution < 1.29 is 37.5 Å². The SMILES string of the molecule is CCC(C)[C@H](NC(=O)Cc1ccc(NC(=O)Nc2ccccc2C)cc1)C(=O)N1CCC(C[C@@H](C(=O)O)C(=O)[C@]2(C)CCCN2S(=O)(=O)c2cc(Cl)cc(Cl)c2)CC1. The first-order valence-corrected chi connectivity index (χ1v) is 21.7. The van der Waals surface area contributed by atoms with E-state index in [0.717, 1.165) is 9.87 Å². The van der Waals surface area contributed by atoms with E-state index in [9.17, 15) is 37.5 Å². The van der Waals surface area contributed by atoms with Crippen molar-refractivity contribution in [2.45, 2.75) is 89.1 Å². The largest absolute Gasteiger partial charge is 0.481 e. The third-order valence-electron chi connectivity index (χ3n) is 11.4. The lowest BCUT2D eigenvalue weighted by molar-refractivity contribution is -0.150. The van der Waals surface area contributed by atoms with Gasteiger partial charge in [0.15, 0.2) is 5.78 Å². The number of carboxylic acid groups (broad SMARTS) is 1. The van der Waals surface area contributed by atoms with E-state index < -0.39 is 45.3 Å². The van der Waals surface area contributed by atoms with Gasteiger partial charge in [-0.25, -0.2) is 13.2 Å². The van der Waals surface area contributed by atoms with Gasteiger partial charge in [0.25, 0.3) is 0 Å². The number of carbonyl (C=O) groups excluding carboxylic acids is 4. The number of nitrogens with zero attached hydrogens (tertiary/aromatic N) is 2. The van der Waals surface area contributed by atoms with Crippen LogP contribution in [0.25, 0.3) is 0 Å². The normalized spacial score (nSPS) is 19.2. The van der Waals surface area contributed by atoms with Crippen molar-refractivity contribution in [3.05, 3.63) is 87.9 Å². The number of carboxylic acids is 1. The van der Waals surface area contributed by atoms with E-state index in [0.29, 0.717) is 55.7 Å². The maximum atomic E-state index is 14.1. The van der Waals surface area contributed by atoms with Crippen LogP contribution in [0.15, 0.2) is 71.6 Å². The Morgan fingerprint density at radius 2 is 1.57 bits per heavy atom. The Bertz CT molecular complexity index is 2110. The molecule has 58 heavy (non-hydrogen) atoms. The molecule has 0 radical (unpaired) electrons. The highest BCUT2D eigenvalue weighted by molar-refractivity contribution is 7.89. The predicted octanol–water partition coefficient (Wildman–Crippen LogP) is 7.16. The van der Waals surface area contributed by atoms with Crippen LogP contribution in [0.1, 0.15) is 70.4 Å². The van der Waals surface area contributed by atoms with Crippen molar-refractivity contribution in [2.24, 2.45) is 17.8 Å². The lowest BCUT2D eigenvalue weighted by Gasteiger charge is -2.38. The number of sulfonamides is 1. The standard InChI is InChI=1S/C42H51Cl2N5O8S/c1-5-26(2)37(47-36(50)22-28-11-13-32(14-12-28)45-41(55)46-35-10-7-6-9-27(35)3)39(52)48-19-15-29(16-20-48)21-34(40(53)54)38(51)42(4)17-8-18-49(42)58(56,57)33-24-30(43)23-31(44)25-33/h6-7,9-14,23-26,29,34,37H,5,8,15-22H2,1-4H3,(H,47,50)(H,53,54)(H2,45,46,55)/t26?,34-,37+,42+/m1/s1. The molecule has 312 valence electrons. The van der Waals surface area contributed by atoms with Crippen molar-refractivity contribution in [3.8, 4) is 0 Å². The third-order valence-corrected chi connectivity index (χ3v) is 13.8. The number of para-hydroxylation sites is 1. The Kier molecular flexibility index (Phi) is 14.6. The van der Waals surface area contributed by atoms with Crippen LogP contribution in [0.3, 0.4) is 0 Å². The number of likely N-dealkylation sites (tertiary alicyclic amines) is 1. The molecule has 2 fully saturated rings. The zero-order chi connectivity index (χ0) is 42.4. The Morgan fingerprint density at radius 1 is 0.931 bits per heavy atom. The number of benzene rings is 3. The Balaban J connectivity index is 1.16. The summed E-state index contributed by atoms with van der Waals surface area (Å²) in [5.74, 6) is -4.40. The number of aliphatic carboxylic acids is 1. The van der Waals surface area contributed by atoms with Gasteiger partial charge in [-0.15, -0.1) is 0 Å². The van der Waals surface area contributed by atoms with Crippen molar-refractivity contribution in [1.82, 2.24) is 14.5 Å². The van der Waals surface area contributed by atoms with Gasteiger partial charge in [-0.1, -0.05) is 73.8 Å². The summed E-state index contributed by atoms with van der Waals surface area (Å²) in [6.45, 7) is 7.87. The molecule has 3 aromatic rings. The van der Waals surface area contributed by atoms with Gasteiger partial charge >= 0.3 is 12.0 Å². The summed E-state index contributed by atoms with van der Waals surface area (Å²) < 4.78 is 28.6. The maximum Gasteiger partial charge on any atom is 0.323 e. The molecule has 0 spiro atoms. The van der Waals surface area contributed by atoms with Crippen LogP contribution >= 0.6 is 23.2 Å². The molecule has 0 bridgehead atoms. The smallest absolute Gasteiger partial charge is 0.323 e. The van der Waals surface area contributed by atoms with Gasteiger partial charge in [-0.2, -0.15) is 4.31 Å². The molecule has 2 heterocycles. The van der Waals surface area contributed by atoms with Gasteiger partial charge < -0.3 is 26.0 Å². The van der Waals surface area contributed by atoms with Gasteiger partial charge in [-0.05, 0) is 105 Å². The summed E-state index contributed by atoms with van der Waals surface area (Å²) in [5.41, 5.74) is 1.28. The lowest BCUT2D eigenvalue weighted by atomic mass is 9.79. The van der Waals surface area contributed by atoms with Crippen LogP contribution in [-0.4, -0.2) is 83.5 Å². The fourth-order valence-corrected chi connectivity index (χ4v) is 10.3. The number of hydrogen-bond donors (Lipinski definition) is 4. The molecule has 1 unspecified atom stereocenters. The number of anilines is 2. The fourth-order valence-electron chi connectivity index (χ4n) is 7.79. The highest BCUT2D eigenvalue weighted by atomic mass is 35.5. The van der Waals surface area contributed by atoms with Gasteiger partial charge in [0.2, 0.25) is 21.8 Å². The second kappa shape index (κ2) is 19.0. The number of piperidine rings is 1. The molecule has 2 saturated heterocycles. The first kappa shape index (κ1) is 44.6. The summed E-state index contributed by atoms with van der Waals surface area (Å²) in [4.78, 5) is 67.8. The molecule has 0 aliphatic carbocycles. The maximum absolute atomic E-state index is 14.1. The van der Waals surface area contributed by atoms with Crippen molar-refractivity contribution in [2.75, 3.05) is 30.3 Å². The minimum absolute atomic E-state index is 0.000124. The van der Waals surface area contributed by atoms with Crippen LogP contribution in [0, 0.1) is 24.7 Å². The number of halogens is 2. The molecule has 5 rings (SSSR count). The highest BCUT2D eigenvalue weighted by Gasteiger charge is 2.53. The number of hydrogen-bond acceptors (Lipinski definition) is 7. The minimum atomic E-state index is -4.25. The second-order valence-electron chi connectivity index (χ2n) is 15.5. The summed E-state index contributed by atoms with van der Waals surface area (Å²) in [7, 11) is -4.25. The Labute approximate surface area is 349 Å². The molecule has 3 aromatic carbocycles. The van der Waals surface area contributed by atoms with Crippen LogP contribution in [-0.2, 0) is 35.6 Å². The molecule has 4 amide bonds. The number of urea groups is 1. The average molecular weight is 857 g/mol. The number of aryl methyl sites for hydroxylation is 1. The van der Waals surface area contributed by atoms with E-state index in [1.165, 1.54) is 25.1 Å². The zero-order valence-electron chi connectivity index (χ0n) is 33.1. The fraction of sp³-hybridized carbons (Fsp3) is 0.452. The number of rotatable bonds is 15. The molecule has 2 aliphatic heterocycles. The quantitative estimate of drug-likeness (QED) is 0.116. The van der Waals surface area contributed by atoms with E-state index in [1.54, 1.807) is 29.2 Å². The van der Waals surface area contributed by atoms with Crippen LogP contribution < -0.4 is 16.0 Å². The van der Waals surface area contributed by atoms with Crippen LogP contribution in [0.2, 0.25) is 10.0 Å².